The average molecular weight is 314 g/mol. The van der Waals surface area contributed by atoms with Gasteiger partial charge in [-0.2, -0.15) is 0 Å². The van der Waals surface area contributed by atoms with Crippen molar-refractivity contribution in [2.45, 2.75) is 18.9 Å². The number of nitrogens with one attached hydrogen (secondary N) is 1. The summed E-state index contributed by atoms with van der Waals surface area (Å²) in [7, 11) is 0. The zero-order valence-corrected chi connectivity index (χ0v) is 12.6. The zero-order valence-electron chi connectivity index (χ0n) is 11.0. The van der Waals surface area contributed by atoms with Crippen molar-refractivity contribution in [1.82, 2.24) is 5.32 Å². The first-order valence-electron chi connectivity index (χ1n) is 6.17. The molecule has 1 aromatic heterocycles. The van der Waals surface area contributed by atoms with E-state index in [1.54, 1.807) is 11.3 Å². The maximum Gasteiger partial charge on any atom is 0.224 e. The normalized spacial score (nSPS) is 14.2. The van der Waals surface area contributed by atoms with E-state index in [0.717, 1.165) is 15.6 Å². The second-order valence-corrected chi connectivity index (χ2v) is 6.36. The van der Waals surface area contributed by atoms with E-state index in [9.17, 15) is 9.90 Å². The van der Waals surface area contributed by atoms with Gasteiger partial charge in [-0.1, -0.05) is 11.6 Å². The van der Waals surface area contributed by atoms with E-state index in [1.807, 2.05) is 23.6 Å². The molecule has 0 fully saturated rings. The topological polar surface area (TPSA) is 69.6 Å². The number of hydrogen-bond donors (Lipinski definition) is 3. The van der Waals surface area contributed by atoms with Gasteiger partial charge in [0.05, 0.1) is 13.0 Å². The van der Waals surface area contributed by atoms with E-state index in [4.69, 9.17) is 16.7 Å². The number of hydrogen-bond acceptors (Lipinski definition) is 4. The van der Waals surface area contributed by atoms with Crippen LogP contribution in [0.5, 0.6) is 0 Å². The number of benzene rings is 1. The fourth-order valence-corrected chi connectivity index (χ4v) is 2.89. The van der Waals surface area contributed by atoms with Crippen LogP contribution < -0.4 is 5.32 Å². The Morgan fingerprint density at radius 2 is 2.25 bits per heavy atom. The highest BCUT2D eigenvalue weighted by molar-refractivity contribution is 7.17. The van der Waals surface area contributed by atoms with Crippen molar-refractivity contribution in [2.24, 2.45) is 0 Å². The number of amides is 1. The summed E-state index contributed by atoms with van der Waals surface area (Å²) in [6, 6.07) is 5.60. The molecule has 0 aliphatic heterocycles. The Bertz CT molecular complexity index is 624. The van der Waals surface area contributed by atoms with Crippen LogP contribution in [-0.4, -0.2) is 34.9 Å². The molecule has 1 aromatic carbocycles. The first-order chi connectivity index (χ1) is 9.41. The number of rotatable bonds is 5. The second-order valence-electron chi connectivity index (χ2n) is 5.01. The molecule has 0 aliphatic carbocycles. The molecular weight excluding hydrogens is 298 g/mol. The van der Waals surface area contributed by atoms with Crippen LogP contribution in [0.15, 0.2) is 23.6 Å². The lowest BCUT2D eigenvalue weighted by Crippen LogP contribution is -2.43. The Hall–Kier alpha value is -1.14. The molecular formula is C14H16ClNO3S. The number of carbonyl (C=O) groups excluding carboxylic acids is 1. The van der Waals surface area contributed by atoms with Gasteiger partial charge in [0.25, 0.3) is 0 Å². The third kappa shape index (κ3) is 3.70. The van der Waals surface area contributed by atoms with E-state index in [0.29, 0.717) is 5.02 Å². The summed E-state index contributed by atoms with van der Waals surface area (Å²) in [6.07, 6.45) is 0.224. The van der Waals surface area contributed by atoms with Crippen molar-refractivity contribution in [3.63, 3.8) is 0 Å². The fourth-order valence-electron chi connectivity index (χ4n) is 1.77. The van der Waals surface area contributed by atoms with Crippen LogP contribution in [-0.2, 0) is 11.2 Å². The molecule has 0 bridgehead atoms. The van der Waals surface area contributed by atoms with E-state index < -0.39 is 12.2 Å². The fraction of sp³-hybridized carbons (Fsp3) is 0.357. The van der Waals surface area contributed by atoms with Gasteiger partial charge in [-0.15, -0.1) is 11.3 Å². The number of aliphatic hydroxyl groups is 2. The average Bonchev–Trinajstić information content (AvgIpc) is 2.79. The minimum atomic E-state index is -1.30. The Morgan fingerprint density at radius 1 is 1.50 bits per heavy atom. The van der Waals surface area contributed by atoms with Gasteiger partial charge in [-0.25, -0.2) is 0 Å². The molecule has 20 heavy (non-hydrogen) atoms. The van der Waals surface area contributed by atoms with Crippen LogP contribution in [0, 0.1) is 0 Å². The molecule has 2 aromatic rings. The van der Waals surface area contributed by atoms with Crippen molar-refractivity contribution in [3.05, 3.63) is 34.2 Å². The van der Waals surface area contributed by atoms with Crippen LogP contribution in [0.25, 0.3) is 10.1 Å². The van der Waals surface area contributed by atoms with Gasteiger partial charge in [-0.3, -0.25) is 4.79 Å². The van der Waals surface area contributed by atoms with Crippen LogP contribution in [0.4, 0.5) is 0 Å². The Morgan fingerprint density at radius 3 is 2.95 bits per heavy atom. The van der Waals surface area contributed by atoms with Crippen molar-refractivity contribution in [3.8, 4) is 0 Å². The number of carbonyl (C=O) groups is 1. The highest BCUT2D eigenvalue weighted by Crippen LogP contribution is 2.28. The Balaban J connectivity index is 2.05. The summed E-state index contributed by atoms with van der Waals surface area (Å²) in [6.45, 7) is 1.09. The summed E-state index contributed by atoms with van der Waals surface area (Å²) < 4.78 is 1.08. The molecule has 0 aliphatic rings. The van der Waals surface area contributed by atoms with Crippen molar-refractivity contribution < 1.29 is 15.0 Å². The standard InChI is InChI=1S/C14H16ClNO3S/c1-14(19,8-17)7-16-13(18)4-9-6-20-12-3-2-10(15)5-11(9)12/h2-3,5-6,17,19H,4,7-8H2,1H3,(H,16,18)/t14-/m1/s1. The van der Waals surface area contributed by atoms with Gasteiger partial charge >= 0.3 is 0 Å². The zero-order chi connectivity index (χ0) is 14.8. The van der Waals surface area contributed by atoms with E-state index in [2.05, 4.69) is 5.32 Å². The highest BCUT2D eigenvalue weighted by Gasteiger charge is 2.20. The van der Waals surface area contributed by atoms with E-state index in [1.165, 1.54) is 6.92 Å². The Kier molecular flexibility index (Phi) is 4.65. The molecule has 2 rings (SSSR count). The van der Waals surface area contributed by atoms with Crippen molar-refractivity contribution >= 4 is 38.9 Å². The van der Waals surface area contributed by atoms with Crippen LogP contribution in [0.2, 0.25) is 5.02 Å². The maximum absolute atomic E-state index is 11.9. The molecule has 6 heteroatoms. The van der Waals surface area contributed by atoms with Gasteiger partial charge < -0.3 is 15.5 Å². The number of halogens is 1. The summed E-state index contributed by atoms with van der Waals surface area (Å²) in [5.74, 6) is -0.196. The van der Waals surface area contributed by atoms with Gasteiger partial charge in [-0.05, 0) is 41.5 Å². The third-order valence-corrected chi connectivity index (χ3v) is 4.22. The van der Waals surface area contributed by atoms with Crippen molar-refractivity contribution in [2.75, 3.05) is 13.2 Å². The predicted octanol–water partition coefficient (Wildman–Crippen LogP) is 1.96. The molecule has 0 unspecified atom stereocenters. The SMILES string of the molecule is C[C@](O)(CO)CNC(=O)Cc1csc2ccc(Cl)cc12. The number of fused-ring (bicyclic) bond motifs is 1. The molecule has 0 spiro atoms. The van der Waals surface area contributed by atoms with Crippen LogP contribution in [0.1, 0.15) is 12.5 Å². The van der Waals surface area contributed by atoms with Crippen molar-refractivity contribution in [1.29, 1.82) is 0 Å². The lowest BCUT2D eigenvalue weighted by Gasteiger charge is -2.20. The van der Waals surface area contributed by atoms with Crippen LogP contribution >= 0.6 is 22.9 Å². The summed E-state index contributed by atoms with van der Waals surface area (Å²) >= 11 is 7.53. The van der Waals surface area contributed by atoms with Gasteiger partial charge in [0, 0.05) is 16.3 Å². The second kappa shape index (κ2) is 6.10. The molecule has 0 saturated heterocycles. The molecule has 0 saturated carbocycles. The highest BCUT2D eigenvalue weighted by atomic mass is 35.5. The number of aliphatic hydroxyl groups excluding tert-OH is 1. The summed E-state index contributed by atoms with van der Waals surface area (Å²) in [4.78, 5) is 11.9. The maximum atomic E-state index is 11.9. The number of thiophene rings is 1. The molecule has 0 radical (unpaired) electrons. The minimum absolute atomic E-state index is 0.0190. The largest absolute Gasteiger partial charge is 0.393 e. The van der Waals surface area contributed by atoms with Gasteiger partial charge in [0.15, 0.2) is 0 Å². The van der Waals surface area contributed by atoms with Gasteiger partial charge in [0.1, 0.15) is 5.60 Å². The molecule has 108 valence electrons. The first kappa shape index (κ1) is 15.3. The van der Waals surface area contributed by atoms with E-state index in [-0.39, 0.29) is 18.9 Å². The molecule has 4 nitrogen and oxygen atoms in total. The van der Waals surface area contributed by atoms with Gasteiger partial charge in [0.2, 0.25) is 5.91 Å². The predicted molar refractivity (Wildman–Crippen MR) is 81.3 cm³/mol. The lowest BCUT2D eigenvalue weighted by atomic mass is 10.1. The molecule has 1 amide bonds. The van der Waals surface area contributed by atoms with E-state index >= 15 is 0 Å². The summed E-state index contributed by atoms with van der Waals surface area (Å²) in [5.41, 5.74) is -0.385. The Labute approximate surface area is 126 Å². The smallest absolute Gasteiger partial charge is 0.224 e. The lowest BCUT2D eigenvalue weighted by molar-refractivity contribution is -0.121. The molecule has 1 heterocycles. The summed E-state index contributed by atoms with van der Waals surface area (Å²) in [5, 5.41) is 24.7. The third-order valence-electron chi connectivity index (χ3n) is 2.97. The minimum Gasteiger partial charge on any atom is -0.393 e. The first-order valence-corrected chi connectivity index (χ1v) is 7.42. The quantitative estimate of drug-likeness (QED) is 0.790. The molecule has 3 N–H and O–H groups in total. The molecule has 1 atom stereocenters. The monoisotopic (exact) mass is 313 g/mol. The van der Waals surface area contributed by atoms with Crippen LogP contribution in [0.3, 0.4) is 0 Å².